The van der Waals surface area contributed by atoms with E-state index in [-0.39, 0.29) is 30.8 Å². The molecule has 0 bridgehead atoms. The van der Waals surface area contributed by atoms with E-state index in [1.807, 2.05) is 13.8 Å². The van der Waals surface area contributed by atoms with Gasteiger partial charge in [0.2, 0.25) is 5.91 Å². The Balaban J connectivity index is 2.43. The van der Waals surface area contributed by atoms with Gasteiger partial charge >= 0.3 is 0 Å². The standard InChI is InChI=1S/C9H15NO3/c1-7(2)8(11)5-10-3-4-13-6-9(10)12/h7H,3-6H2,1-2H3. The van der Waals surface area contributed by atoms with Crippen molar-refractivity contribution in [3.05, 3.63) is 0 Å². The molecule has 0 atom stereocenters. The van der Waals surface area contributed by atoms with E-state index in [9.17, 15) is 9.59 Å². The fourth-order valence-electron chi connectivity index (χ4n) is 1.09. The Hall–Kier alpha value is -0.900. The van der Waals surface area contributed by atoms with E-state index in [0.717, 1.165) is 0 Å². The van der Waals surface area contributed by atoms with Crippen LogP contribution in [-0.4, -0.2) is 42.9 Å². The van der Waals surface area contributed by atoms with Crippen molar-refractivity contribution in [3.8, 4) is 0 Å². The molecule has 4 nitrogen and oxygen atoms in total. The van der Waals surface area contributed by atoms with E-state index >= 15 is 0 Å². The molecule has 74 valence electrons. The third-order valence-electron chi connectivity index (χ3n) is 2.07. The SMILES string of the molecule is CC(C)C(=O)CN1CCOCC1=O. The number of carbonyl (C=O) groups is 2. The van der Waals surface area contributed by atoms with Crippen LogP contribution in [0.15, 0.2) is 0 Å². The second kappa shape index (κ2) is 4.37. The Labute approximate surface area is 77.8 Å². The van der Waals surface area contributed by atoms with Crippen LogP contribution in [0.4, 0.5) is 0 Å². The number of ether oxygens (including phenoxy) is 1. The lowest BCUT2D eigenvalue weighted by atomic mass is 10.1. The van der Waals surface area contributed by atoms with Crippen LogP contribution in [-0.2, 0) is 14.3 Å². The van der Waals surface area contributed by atoms with Crippen molar-refractivity contribution < 1.29 is 14.3 Å². The van der Waals surface area contributed by atoms with Gasteiger partial charge < -0.3 is 9.64 Å². The van der Waals surface area contributed by atoms with Crippen molar-refractivity contribution in [3.63, 3.8) is 0 Å². The van der Waals surface area contributed by atoms with E-state index in [1.165, 1.54) is 0 Å². The first-order valence-electron chi connectivity index (χ1n) is 4.49. The summed E-state index contributed by atoms with van der Waals surface area (Å²) in [7, 11) is 0. The number of ketones is 1. The maximum atomic E-state index is 11.3. The molecule has 0 aromatic rings. The highest BCUT2D eigenvalue weighted by atomic mass is 16.5. The van der Waals surface area contributed by atoms with Gasteiger partial charge in [0.15, 0.2) is 5.78 Å². The number of morpholine rings is 1. The van der Waals surface area contributed by atoms with E-state index in [0.29, 0.717) is 13.2 Å². The van der Waals surface area contributed by atoms with E-state index < -0.39 is 0 Å². The number of amides is 1. The number of carbonyl (C=O) groups excluding carboxylic acids is 2. The van der Waals surface area contributed by atoms with Crippen LogP contribution in [0.25, 0.3) is 0 Å². The second-order valence-electron chi connectivity index (χ2n) is 3.49. The maximum absolute atomic E-state index is 11.3. The lowest BCUT2D eigenvalue weighted by Crippen LogP contribution is -2.44. The first-order chi connectivity index (χ1) is 6.11. The number of Topliss-reactive ketones (excluding diaryl/α,β-unsaturated/α-hetero) is 1. The molecule has 0 aromatic carbocycles. The van der Waals surface area contributed by atoms with Crippen LogP contribution < -0.4 is 0 Å². The average Bonchev–Trinajstić information content (AvgIpc) is 2.08. The zero-order valence-corrected chi connectivity index (χ0v) is 8.08. The van der Waals surface area contributed by atoms with Crippen LogP contribution in [0.1, 0.15) is 13.8 Å². The summed E-state index contributed by atoms with van der Waals surface area (Å²) in [4.78, 5) is 24.1. The van der Waals surface area contributed by atoms with Gasteiger partial charge in [-0.05, 0) is 0 Å². The number of rotatable bonds is 3. The topological polar surface area (TPSA) is 46.6 Å². The quantitative estimate of drug-likeness (QED) is 0.625. The maximum Gasteiger partial charge on any atom is 0.249 e. The van der Waals surface area contributed by atoms with Crippen molar-refractivity contribution in [1.82, 2.24) is 4.90 Å². The monoisotopic (exact) mass is 185 g/mol. The minimum atomic E-state index is -0.0831. The van der Waals surface area contributed by atoms with E-state index in [2.05, 4.69) is 0 Å². The predicted octanol–water partition coefficient (Wildman–Crippen LogP) is 0.0703. The fraction of sp³-hybridized carbons (Fsp3) is 0.778. The molecule has 0 radical (unpaired) electrons. The molecule has 0 unspecified atom stereocenters. The Morgan fingerprint density at radius 3 is 2.85 bits per heavy atom. The Morgan fingerprint density at radius 2 is 2.31 bits per heavy atom. The van der Waals surface area contributed by atoms with Gasteiger partial charge in [0.1, 0.15) is 6.61 Å². The Morgan fingerprint density at radius 1 is 1.62 bits per heavy atom. The summed E-state index contributed by atoms with van der Waals surface area (Å²) in [5.41, 5.74) is 0. The third-order valence-corrected chi connectivity index (χ3v) is 2.07. The lowest BCUT2D eigenvalue weighted by Gasteiger charge is -2.26. The smallest absolute Gasteiger partial charge is 0.249 e. The van der Waals surface area contributed by atoms with Crippen LogP contribution >= 0.6 is 0 Å². The molecule has 0 N–H and O–H groups in total. The minimum Gasteiger partial charge on any atom is -0.370 e. The van der Waals surface area contributed by atoms with Gasteiger partial charge in [-0.2, -0.15) is 0 Å². The zero-order valence-electron chi connectivity index (χ0n) is 8.08. The fourth-order valence-corrected chi connectivity index (χ4v) is 1.09. The molecule has 0 spiro atoms. The summed E-state index contributed by atoms with van der Waals surface area (Å²) >= 11 is 0. The second-order valence-corrected chi connectivity index (χ2v) is 3.49. The predicted molar refractivity (Wildman–Crippen MR) is 47.2 cm³/mol. The highest BCUT2D eigenvalue weighted by molar-refractivity contribution is 5.87. The van der Waals surface area contributed by atoms with Crippen molar-refractivity contribution in [2.45, 2.75) is 13.8 Å². The molecule has 1 aliphatic rings. The molecule has 0 aliphatic carbocycles. The van der Waals surface area contributed by atoms with Crippen molar-refractivity contribution in [1.29, 1.82) is 0 Å². The zero-order chi connectivity index (χ0) is 9.84. The van der Waals surface area contributed by atoms with Crippen LogP contribution in [0, 0.1) is 5.92 Å². The van der Waals surface area contributed by atoms with Crippen molar-refractivity contribution in [2.75, 3.05) is 26.3 Å². The third kappa shape index (κ3) is 2.81. The van der Waals surface area contributed by atoms with Crippen molar-refractivity contribution in [2.24, 2.45) is 5.92 Å². The average molecular weight is 185 g/mol. The molecule has 1 fully saturated rings. The molecular weight excluding hydrogens is 170 g/mol. The summed E-state index contributed by atoms with van der Waals surface area (Å²) in [6, 6.07) is 0. The lowest BCUT2D eigenvalue weighted by molar-refractivity contribution is -0.145. The van der Waals surface area contributed by atoms with Gasteiger partial charge in [-0.15, -0.1) is 0 Å². The highest BCUT2D eigenvalue weighted by Crippen LogP contribution is 2.02. The minimum absolute atomic E-state index is 0.00403. The van der Waals surface area contributed by atoms with Gasteiger partial charge in [-0.3, -0.25) is 9.59 Å². The molecule has 13 heavy (non-hydrogen) atoms. The normalized spacial score (nSPS) is 18.1. The molecule has 1 rings (SSSR count). The molecule has 0 saturated carbocycles. The molecule has 4 heteroatoms. The molecule has 1 amide bonds. The number of hydrogen-bond donors (Lipinski definition) is 0. The van der Waals surface area contributed by atoms with Gasteiger partial charge in [0, 0.05) is 12.5 Å². The summed E-state index contributed by atoms with van der Waals surface area (Å²) in [5, 5.41) is 0. The highest BCUT2D eigenvalue weighted by Gasteiger charge is 2.21. The largest absolute Gasteiger partial charge is 0.370 e. The van der Waals surface area contributed by atoms with Crippen LogP contribution in [0.3, 0.4) is 0 Å². The van der Waals surface area contributed by atoms with Gasteiger partial charge in [-0.25, -0.2) is 0 Å². The van der Waals surface area contributed by atoms with Gasteiger partial charge in [0.05, 0.1) is 13.2 Å². The summed E-state index contributed by atoms with van der Waals surface area (Å²) in [6.07, 6.45) is 0. The summed E-state index contributed by atoms with van der Waals surface area (Å²) < 4.78 is 4.95. The van der Waals surface area contributed by atoms with E-state index in [1.54, 1.807) is 4.90 Å². The van der Waals surface area contributed by atoms with Gasteiger partial charge in [0.25, 0.3) is 0 Å². The molecular formula is C9H15NO3. The summed E-state index contributed by atoms with van der Waals surface area (Å²) in [5.74, 6) is 0.0196. The van der Waals surface area contributed by atoms with E-state index in [4.69, 9.17) is 4.74 Å². The molecule has 1 saturated heterocycles. The molecule has 1 heterocycles. The van der Waals surface area contributed by atoms with Crippen LogP contribution in [0.5, 0.6) is 0 Å². The Bertz CT molecular complexity index is 213. The van der Waals surface area contributed by atoms with Crippen molar-refractivity contribution >= 4 is 11.7 Å². The molecule has 0 aromatic heterocycles. The first-order valence-corrected chi connectivity index (χ1v) is 4.49. The first kappa shape index (κ1) is 10.2. The summed E-state index contributed by atoms with van der Waals surface area (Å²) in [6.45, 7) is 5.11. The van der Waals surface area contributed by atoms with Crippen LogP contribution in [0.2, 0.25) is 0 Å². The van der Waals surface area contributed by atoms with Gasteiger partial charge in [-0.1, -0.05) is 13.8 Å². The Kier molecular flexibility index (Phi) is 3.42. The number of nitrogens with zero attached hydrogens (tertiary/aromatic N) is 1. The number of hydrogen-bond acceptors (Lipinski definition) is 3. The molecule has 1 aliphatic heterocycles.